The van der Waals surface area contributed by atoms with E-state index in [0.717, 1.165) is 38.9 Å². The van der Waals surface area contributed by atoms with Crippen molar-refractivity contribution in [2.75, 3.05) is 19.6 Å². The van der Waals surface area contributed by atoms with Crippen LogP contribution in [0.4, 0.5) is 0 Å². The van der Waals surface area contributed by atoms with E-state index in [1.54, 1.807) is 0 Å². The Morgan fingerprint density at radius 1 is 1.13 bits per heavy atom. The first-order valence-electron chi connectivity index (χ1n) is 8.45. The van der Waals surface area contributed by atoms with Crippen LogP contribution in [-0.2, 0) is 22.6 Å². The van der Waals surface area contributed by atoms with E-state index in [2.05, 4.69) is 23.1 Å². The summed E-state index contributed by atoms with van der Waals surface area (Å²) in [6.07, 6.45) is 2.45. The molecule has 3 rings (SSSR count). The Morgan fingerprint density at radius 3 is 2.43 bits per heavy atom. The molecule has 2 amide bonds. The topological polar surface area (TPSA) is 66.6 Å². The van der Waals surface area contributed by atoms with Gasteiger partial charge in [0.1, 0.15) is 0 Å². The lowest BCUT2D eigenvalue weighted by Gasteiger charge is -2.38. The lowest BCUT2D eigenvalue weighted by molar-refractivity contribution is -0.138. The maximum absolute atomic E-state index is 12.8. The van der Waals surface area contributed by atoms with E-state index in [4.69, 9.17) is 5.73 Å². The fourth-order valence-corrected chi connectivity index (χ4v) is 3.68. The maximum atomic E-state index is 12.8. The molecular formula is C18H25N3O2. The van der Waals surface area contributed by atoms with Crippen LogP contribution >= 0.6 is 0 Å². The highest BCUT2D eigenvalue weighted by molar-refractivity contribution is 5.82. The largest absolute Gasteiger partial charge is 0.369 e. The molecule has 2 heterocycles. The van der Waals surface area contributed by atoms with Crippen LogP contribution < -0.4 is 5.73 Å². The molecule has 0 spiro atoms. The van der Waals surface area contributed by atoms with Crippen LogP contribution in [-0.4, -0.2) is 47.3 Å². The summed E-state index contributed by atoms with van der Waals surface area (Å²) in [5, 5.41) is 0. The van der Waals surface area contributed by atoms with E-state index in [9.17, 15) is 9.59 Å². The van der Waals surface area contributed by atoms with Crippen molar-refractivity contribution in [2.24, 2.45) is 11.7 Å². The Kier molecular flexibility index (Phi) is 4.66. The van der Waals surface area contributed by atoms with Gasteiger partial charge in [-0.05, 0) is 50.4 Å². The van der Waals surface area contributed by atoms with Crippen molar-refractivity contribution in [2.45, 2.75) is 38.8 Å². The van der Waals surface area contributed by atoms with Crippen LogP contribution in [0.3, 0.4) is 0 Å². The smallest absolute Gasteiger partial charge is 0.239 e. The Morgan fingerprint density at radius 2 is 1.78 bits per heavy atom. The van der Waals surface area contributed by atoms with Gasteiger partial charge in [0.15, 0.2) is 0 Å². The number of amides is 2. The summed E-state index contributed by atoms with van der Waals surface area (Å²) in [5.41, 5.74) is 7.99. The zero-order chi connectivity index (χ0) is 16.4. The van der Waals surface area contributed by atoms with Crippen molar-refractivity contribution in [3.8, 4) is 0 Å². The molecule has 0 unspecified atom stereocenters. The van der Waals surface area contributed by atoms with Gasteiger partial charge in [0.2, 0.25) is 11.8 Å². The Balaban J connectivity index is 1.59. The molecular weight excluding hydrogens is 290 g/mol. The van der Waals surface area contributed by atoms with Crippen molar-refractivity contribution < 1.29 is 9.59 Å². The SMILES string of the molecule is C[C@@H](C(=O)N1CCc2ccccc2C1)N1CCC(C(N)=O)CC1. The van der Waals surface area contributed by atoms with E-state index in [0.29, 0.717) is 6.54 Å². The van der Waals surface area contributed by atoms with Crippen molar-refractivity contribution >= 4 is 11.8 Å². The molecule has 0 saturated carbocycles. The van der Waals surface area contributed by atoms with Crippen LogP contribution in [0.25, 0.3) is 0 Å². The standard InChI is InChI=1S/C18H25N3O2/c1-13(20-9-7-15(8-10-20)17(19)22)18(23)21-11-6-14-4-2-3-5-16(14)12-21/h2-5,13,15H,6-12H2,1H3,(H2,19,22)/t13-/m0/s1. The van der Waals surface area contributed by atoms with Gasteiger partial charge < -0.3 is 10.6 Å². The maximum Gasteiger partial charge on any atom is 0.239 e. The fourth-order valence-electron chi connectivity index (χ4n) is 3.68. The van der Waals surface area contributed by atoms with Crippen molar-refractivity contribution in [3.05, 3.63) is 35.4 Å². The summed E-state index contributed by atoms with van der Waals surface area (Å²) < 4.78 is 0. The average molecular weight is 315 g/mol. The second-order valence-corrected chi connectivity index (χ2v) is 6.67. The van der Waals surface area contributed by atoms with E-state index < -0.39 is 0 Å². The van der Waals surface area contributed by atoms with Crippen LogP contribution in [0.5, 0.6) is 0 Å². The Hall–Kier alpha value is -1.88. The monoisotopic (exact) mass is 315 g/mol. The normalized spacial score (nSPS) is 20.8. The molecule has 5 heteroatoms. The number of primary amides is 1. The number of hydrogen-bond acceptors (Lipinski definition) is 3. The molecule has 0 aromatic heterocycles. The number of rotatable bonds is 3. The molecule has 2 aliphatic rings. The minimum absolute atomic E-state index is 0.0320. The third-order valence-corrected chi connectivity index (χ3v) is 5.28. The number of hydrogen-bond donors (Lipinski definition) is 1. The zero-order valence-corrected chi connectivity index (χ0v) is 13.7. The summed E-state index contributed by atoms with van der Waals surface area (Å²) >= 11 is 0. The van der Waals surface area contributed by atoms with E-state index in [1.165, 1.54) is 11.1 Å². The van der Waals surface area contributed by atoms with Gasteiger partial charge in [-0.3, -0.25) is 14.5 Å². The highest BCUT2D eigenvalue weighted by Crippen LogP contribution is 2.22. The van der Waals surface area contributed by atoms with Crippen LogP contribution in [0, 0.1) is 5.92 Å². The molecule has 124 valence electrons. The molecule has 5 nitrogen and oxygen atoms in total. The van der Waals surface area contributed by atoms with Gasteiger partial charge in [0.25, 0.3) is 0 Å². The first kappa shape index (κ1) is 16.0. The third kappa shape index (κ3) is 3.39. The average Bonchev–Trinajstić information content (AvgIpc) is 2.60. The third-order valence-electron chi connectivity index (χ3n) is 5.28. The molecule has 2 aliphatic heterocycles. The molecule has 0 aliphatic carbocycles. The van der Waals surface area contributed by atoms with Crippen LogP contribution in [0.2, 0.25) is 0 Å². The first-order valence-corrected chi connectivity index (χ1v) is 8.45. The summed E-state index contributed by atoms with van der Waals surface area (Å²) in [4.78, 5) is 28.2. The molecule has 0 bridgehead atoms. The number of nitrogens with zero attached hydrogens (tertiary/aromatic N) is 2. The van der Waals surface area contributed by atoms with Gasteiger partial charge in [-0.15, -0.1) is 0 Å². The molecule has 1 aromatic carbocycles. The zero-order valence-electron chi connectivity index (χ0n) is 13.7. The summed E-state index contributed by atoms with van der Waals surface area (Å²) in [7, 11) is 0. The number of benzene rings is 1. The number of nitrogens with two attached hydrogens (primary N) is 1. The van der Waals surface area contributed by atoms with Gasteiger partial charge in [-0.2, -0.15) is 0 Å². The van der Waals surface area contributed by atoms with Gasteiger partial charge in [-0.25, -0.2) is 0 Å². The minimum atomic E-state index is -0.212. The van der Waals surface area contributed by atoms with Gasteiger partial charge in [0.05, 0.1) is 6.04 Å². The Labute approximate surface area is 137 Å². The van der Waals surface area contributed by atoms with E-state index >= 15 is 0 Å². The molecule has 2 N–H and O–H groups in total. The lowest BCUT2D eigenvalue weighted by atomic mass is 9.95. The molecule has 1 fully saturated rings. The highest BCUT2D eigenvalue weighted by atomic mass is 16.2. The van der Waals surface area contributed by atoms with Crippen molar-refractivity contribution in [3.63, 3.8) is 0 Å². The predicted octanol–water partition coefficient (Wildman–Crippen LogP) is 1.16. The Bertz CT molecular complexity index is 594. The van der Waals surface area contributed by atoms with Crippen molar-refractivity contribution in [1.82, 2.24) is 9.80 Å². The summed E-state index contributed by atoms with van der Waals surface area (Å²) in [6, 6.07) is 8.22. The number of carbonyl (C=O) groups excluding carboxylic acids is 2. The van der Waals surface area contributed by atoms with Crippen molar-refractivity contribution in [1.29, 1.82) is 0 Å². The summed E-state index contributed by atoms with van der Waals surface area (Å²) in [6.45, 7) is 5.01. The second-order valence-electron chi connectivity index (χ2n) is 6.67. The molecule has 1 saturated heterocycles. The number of piperidine rings is 1. The lowest BCUT2D eigenvalue weighted by Crippen LogP contribution is -2.51. The fraction of sp³-hybridized carbons (Fsp3) is 0.556. The number of fused-ring (bicyclic) bond motifs is 1. The number of carbonyl (C=O) groups is 2. The quantitative estimate of drug-likeness (QED) is 0.910. The second kappa shape index (κ2) is 6.71. The predicted molar refractivity (Wildman–Crippen MR) is 88.5 cm³/mol. The van der Waals surface area contributed by atoms with Crippen LogP contribution in [0.15, 0.2) is 24.3 Å². The van der Waals surface area contributed by atoms with E-state index in [-0.39, 0.29) is 23.8 Å². The van der Waals surface area contributed by atoms with E-state index in [1.807, 2.05) is 17.9 Å². The number of likely N-dealkylation sites (tertiary alicyclic amines) is 1. The molecule has 0 radical (unpaired) electrons. The minimum Gasteiger partial charge on any atom is -0.369 e. The van der Waals surface area contributed by atoms with Gasteiger partial charge in [-0.1, -0.05) is 24.3 Å². The first-order chi connectivity index (χ1) is 11.1. The highest BCUT2D eigenvalue weighted by Gasteiger charge is 2.31. The van der Waals surface area contributed by atoms with Gasteiger partial charge in [0, 0.05) is 19.0 Å². The van der Waals surface area contributed by atoms with Crippen LogP contribution in [0.1, 0.15) is 30.9 Å². The molecule has 1 aromatic rings. The summed E-state index contributed by atoms with van der Waals surface area (Å²) in [5.74, 6) is -0.0521. The molecule has 23 heavy (non-hydrogen) atoms. The van der Waals surface area contributed by atoms with Gasteiger partial charge >= 0.3 is 0 Å². The molecule has 1 atom stereocenters.